The van der Waals surface area contributed by atoms with Crippen molar-refractivity contribution in [3.8, 4) is 0 Å². The first-order valence-electron chi connectivity index (χ1n) is 7.90. The molecular weight excluding hydrogens is 502 g/mol. The molecule has 0 bridgehead atoms. The Labute approximate surface area is 174 Å². The number of hydrogen-bond donors (Lipinski definition) is 0. The number of hydrogen-bond acceptors (Lipinski definition) is 8. The Hall–Kier alpha value is -2.12. The van der Waals surface area contributed by atoms with Gasteiger partial charge >= 0.3 is 174 Å². The first-order chi connectivity index (χ1) is 13.3. The van der Waals surface area contributed by atoms with E-state index in [1.165, 1.54) is 28.4 Å². The monoisotopic (exact) mass is 522 g/mol. The SMILES string of the molecule is COC(=O)C1=CC(=C2C=C(C(=O)OC)[Se]C(C(=O)OC)C2)C=C(C(=O)OC)[Se]1. The molecule has 0 spiro atoms. The van der Waals surface area contributed by atoms with Crippen LogP contribution in [0.15, 0.2) is 42.8 Å². The molecule has 2 aliphatic rings. The quantitative estimate of drug-likeness (QED) is 0.295. The van der Waals surface area contributed by atoms with Gasteiger partial charge in [0.2, 0.25) is 0 Å². The second kappa shape index (κ2) is 9.89. The Kier molecular flexibility index (Phi) is 7.83. The fourth-order valence-corrected chi connectivity index (χ4v) is 6.80. The summed E-state index contributed by atoms with van der Waals surface area (Å²) in [6.45, 7) is 0. The molecule has 1 unspecified atom stereocenters. The number of carbonyl (C=O) groups is 4. The van der Waals surface area contributed by atoms with Gasteiger partial charge in [-0.1, -0.05) is 0 Å². The molecule has 2 aliphatic heterocycles. The zero-order valence-corrected chi connectivity index (χ0v) is 19.0. The molecule has 2 rings (SSSR count). The Morgan fingerprint density at radius 1 is 0.786 bits per heavy atom. The summed E-state index contributed by atoms with van der Waals surface area (Å²) in [5, 5.41) is 0. The molecular formula is C18H18O8Se2. The Balaban J connectivity index is 2.61. The van der Waals surface area contributed by atoms with Gasteiger partial charge in [-0.2, -0.15) is 0 Å². The molecule has 0 fully saturated rings. The number of methoxy groups -OCH3 is 4. The molecule has 28 heavy (non-hydrogen) atoms. The van der Waals surface area contributed by atoms with E-state index in [0.29, 0.717) is 31.0 Å². The predicted octanol–water partition coefficient (Wildman–Crippen LogP) is 0.241. The van der Waals surface area contributed by atoms with Gasteiger partial charge in [-0.25, -0.2) is 0 Å². The fraction of sp³-hybridized carbons (Fsp3) is 0.333. The van der Waals surface area contributed by atoms with Gasteiger partial charge in [-0.15, -0.1) is 0 Å². The third-order valence-corrected chi connectivity index (χ3v) is 8.36. The Bertz CT molecular complexity index is 801. The molecule has 0 radical (unpaired) electrons. The fourth-order valence-electron chi connectivity index (χ4n) is 2.41. The molecule has 150 valence electrons. The van der Waals surface area contributed by atoms with Gasteiger partial charge in [-0.05, 0) is 0 Å². The second-order valence-electron chi connectivity index (χ2n) is 5.42. The maximum atomic E-state index is 12.1. The minimum absolute atomic E-state index is 0.311. The van der Waals surface area contributed by atoms with Crippen molar-refractivity contribution >= 4 is 53.8 Å². The molecule has 8 nitrogen and oxygen atoms in total. The molecule has 10 heteroatoms. The molecule has 0 aromatic carbocycles. The summed E-state index contributed by atoms with van der Waals surface area (Å²) >= 11 is -1.05. The number of allylic oxidation sites excluding steroid dienone is 5. The van der Waals surface area contributed by atoms with Gasteiger partial charge in [0.15, 0.2) is 0 Å². The molecule has 0 aromatic rings. The Morgan fingerprint density at radius 3 is 1.75 bits per heavy atom. The van der Waals surface area contributed by atoms with Crippen LogP contribution in [0.4, 0.5) is 0 Å². The summed E-state index contributed by atoms with van der Waals surface area (Å²) in [6, 6.07) is 0. The van der Waals surface area contributed by atoms with Gasteiger partial charge in [0, 0.05) is 0 Å². The van der Waals surface area contributed by atoms with Crippen LogP contribution in [-0.2, 0) is 38.1 Å². The number of rotatable bonds is 4. The Morgan fingerprint density at radius 2 is 1.29 bits per heavy atom. The van der Waals surface area contributed by atoms with Crippen LogP contribution in [0.25, 0.3) is 0 Å². The van der Waals surface area contributed by atoms with E-state index in [4.69, 9.17) is 18.9 Å². The van der Waals surface area contributed by atoms with Crippen LogP contribution in [-0.4, -0.2) is 82.2 Å². The summed E-state index contributed by atoms with van der Waals surface area (Å²) in [7, 11) is 5.07. The first kappa shape index (κ1) is 22.2. The van der Waals surface area contributed by atoms with Crippen LogP contribution in [0, 0.1) is 0 Å². The zero-order chi connectivity index (χ0) is 20.8. The van der Waals surface area contributed by atoms with Crippen LogP contribution in [0.5, 0.6) is 0 Å². The zero-order valence-electron chi connectivity index (χ0n) is 15.6. The van der Waals surface area contributed by atoms with E-state index in [0.717, 1.165) is 0 Å². The molecule has 0 saturated heterocycles. The van der Waals surface area contributed by atoms with Gasteiger partial charge < -0.3 is 0 Å². The van der Waals surface area contributed by atoms with Crippen LogP contribution >= 0.6 is 0 Å². The van der Waals surface area contributed by atoms with Crippen molar-refractivity contribution in [2.75, 3.05) is 28.4 Å². The summed E-state index contributed by atoms with van der Waals surface area (Å²) in [4.78, 5) is 47.8. The number of ether oxygens (including phenoxy) is 4. The second-order valence-corrected chi connectivity index (χ2v) is 10.3. The summed E-state index contributed by atoms with van der Waals surface area (Å²) < 4.78 is 20.2. The normalized spacial score (nSPS) is 19.0. The molecule has 1 atom stereocenters. The molecule has 0 N–H and O–H groups in total. The van der Waals surface area contributed by atoms with Crippen LogP contribution in [0.1, 0.15) is 6.42 Å². The third kappa shape index (κ3) is 5.02. The van der Waals surface area contributed by atoms with Crippen molar-refractivity contribution < 1.29 is 38.1 Å². The van der Waals surface area contributed by atoms with Crippen molar-refractivity contribution in [2.24, 2.45) is 0 Å². The summed E-state index contributed by atoms with van der Waals surface area (Å²) in [5.41, 5.74) is 1.17. The number of carbonyl (C=O) groups excluding carboxylic acids is 4. The van der Waals surface area contributed by atoms with Gasteiger partial charge in [-0.3, -0.25) is 0 Å². The van der Waals surface area contributed by atoms with Gasteiger partial charge in [0.05, 0.1) is 0 Å². The van der Waals surface area contributed by atoms with Crippen LogP contribution in [0.2, 0.25) is 4.82 Å². The molecule has 0 aromatic heterocycles. The van der Waals surface area contributed by atoms with E-state index < -0.39 is 58.6 Å². The van der Waals surface area contributed by atoms with Crippen LogP contribution < -0.4 is 0 Å². The van der Waals surface area contributed by atoms with E-state index in [9.17, 15) is 19.2 Å². The average Bonchev–Trinajstić information content (AvgIpc) is 2.75. The van der Waals surface area contributed by atoms with E-state index in [-0.39, 0.29) is 0 Å². The van der Waals surface area contributed by atoms with Gasteiger partial charge in [0.25, 0.3) is 0 Å². The number of esters is 4. The first-order valence-corrected chi connectivity index (χ1v) is 11.5. The van der Waals surface area contributed by atoms with Crippen molar-refractivity contribution in [1.82, 2.24) is 0 Å². The van der Waals surface area contributed by atoms with Crippen molar-refractivity contribution in [3.63, 3.8) is 0 Å². The molecule has 0 saturated carbocycles. The van der Waals surface area contributed by atoms with Crippen LogP contribution in [0.3, 0.4) is 0 Å². The topological polar surface area (TPSA) is 105 Å². The summed E-state index contributed by atoms with van der Waals surface area (Å²) in [5.74, 6) is -2.05. The van der Waals surface area contributed by atoms with E-state index in [1.54, 1.807) is 18.2 Å². The van der Waals surface area contributed by atoms with Crippen molar-refractivity contribution in [3.05, 3.63) is 42.8 Å². The standard InChI is InChI=1S/C18H18O8Se2/c1-23-15(19)11-5-9(6-12(27-11)16(20)24-2)10-7-13(17(21)25-3)28-14(8-10)18(22)26-4/h5-7,14H,8H2,1-4H3. The third-order valence-electron chi connectivity index (χ3n) is 3.77. The van der Waals surface area contributed by atoms with Crippen molar-refractivity contribution in [2.45, 2.75) is 11.2 Å². The average molecular weight is 520 g/mol. The molecule has 0 amide bonds. The molecule has 2 heterocycles. The van der Waals surface area contributed by atoms with E-state index in [1.807, 2.05) is 0 Å². The predicted molar refractivity (Wildman–Crippen MR) is 99.2 cm³/mol. The maximum absolute atomic E-state index is 12.1. The van der Waals surface area contributed by atoms with Crippen molar-refractivity contribution in [1.29, 1.82) is 0 Å². The molecule has 0 aliphatic carbocycles. The minimum atomic E-state index is -0.584. The summed E-state index contributed by atoms with van der Waals surface area (Å²) in [6.07, 6.45) is 5.19. The van der Waals surface area contributed by atoms with Gasteiger partial charge in [0.1, 0.15) is 0 Å². The van der Waals surface area contributed by atoms with E-state index in [2.05, 4.69) is 0 Å². The van der Waals surface area contributed by atoms with E-state index >= 15 is 0 Å².